The molecule has 1 aliphatic rings. The molecule has 4 nitrogen and oxygen atoms in total. The summed E-state index contributed by atoms with van der Waals surface area (Å²) in [4.78, 5) is 0. The van der Waals surface area contributed by atoms with Crippen molar-refractivity contribution < 1.29 is 4.74 Å². The van der Waals surface area contributed by atoms with E-state index in [4.69, 9.17) is 4.74 Å². The maximum atomic E-state index is 5.91. The van der Waals surface area contributed by atoms with Crippen LogP contribution in [0.25, 0.3) is 0 Å². The highest BCUT2D eigenvalue weighted by Crippen LogP contribution is 2.34. The highest BCUT2D eigenvalue weighted by atomic mass is 16.5. The van der Waals surface area contributed by atoms with Gasteiger partial charge in [0, 0.05) is 43.4 Å². The van der Waals surface area contributed by atoms with Gasteiger partial charge in [-0.2, -0.15) is 5.10 Å². The zero-order chi connectivity index (χ0) is 14.8. The molecule has 2 atom stereocenters. The van der Waals surface area contributed by atoms with E-state index in [9.17, 15) is 0 Å². The lowest BCUT2D eigenvalue weighted by atomic mass is 9.81. The van der Waals surface area contributed by atoms with Crippen LogP contribution in [0.4, 0.5) is 0 Å². The van der Waals surface area contributed by atoms with E-state index in [0.29, 0.717) is 18.1 Å². The molecule has 1 saturated heterocycles. The second-order valence-electron chi connectivity index (χ2n) is 7.26. The van der Waals surface area contributed by atoms with Gasteiger partial charge in [0.1, 0.15) is 0 Å². The molecule has 0 aliphatic carbocycles. The van der Waals surface area contributed by atoms with Crippen molar-refractivity contribution >= 4 is 0 Å². The van der Waals surface area contributed by atoms with Gasteiger partial charge in [0.15, 0.2) is 0 Å². The first-order valence-corrected chi connectivity index (χ1v) is 7.73. The molecule has 20 heavy (non-hydrogen) atoms. The number of hydrogen-bond acceptors (Lipinski definition) is 3. The second-order valence-corrected chi connectivity index (χ2v) is 7.26. The van der Waals surface area contributed by atoms with Gasteiger partial charge in [-0.15, -0.1) is 0 Å². The smallest absolute Gasteiger partial charge is 0.0664 e. The van der Waals surface area contributed by atoms with Gasteiger partial charge < -0.3 is 10.1 Å². The van der Waals surface area contributed by atoms with Crippen LogP contribution < -0.4 is 5.32 Å². The molecule has 1 aliphatic heterocycles. The molecule has 0 spiro atoms. The van der Waals surface area contributed by atoms with E-state index >= 15 is 0 Å². The molecule has 0 amide bonds. The topological polar surface area (TPSA) is 39.1 Å². The lowest BCUT2D eigenvalue weighted by molar-refractivity contribution is 0.00721. The third kappa shape index (κ3) is 3.83. The molecular formula is C16H29N3O. The SMILES string of the molecule is CC(C)n1cc(CNC[C@H]2CCO[C@@H]2C(C)(C)C)cn1. The number of nitrogens with one attached hydrogen (secondary N) is 1. The number of hydrogen-bond donors (Lipinski definition) is 1. The summed E-state index contributed by atoms with van der Waals surface area (Å²) < 4.78 is 7.92. The standard InChI is InChI=1S/C16H29N3O/c1-12(2)19-11-13(9-18-19)8-17-10-14-6-7-20-15(14)16(3,4)5/h9,11-12,14-15,17H,6-8,10H2,1-5H3/t14-,15+/m1/s1. The summed E-state index contributed by atoms with van der Waals surface area (Å²) >= 11 is 0. The van der Waals surface area contributed by atoms with Crippen LogP contribution in [-0.2, 0) is 11.3 Å². The van der Waals surface area contributed by atoms with Crippen LogP contribution >= 0.6 is 0 Å². The van der Waals surface area contributed by atoms with Crippen molar-refractivity contribution in [3.05, 3.63) is 18.0 Å². The van der Waals surface area contributed by atoms with Gasteiger partial charge in [-0.05, 0) is 25.7 Å². The lowest BCUT2D eigenvalue weighted by Gasteiger charge is -2.31. The van der Waals surface area contributed by atoms with Gasteiger partial charge >= 0.3 is 0 Å². The molecule has 0 unspecified atom stereocenters. The summed E-state index contributed by atoms with van der Waals surface area (Å²) in [7, 11) is 0. The molecule has 4 heteroatoms. The van der Waals surface area contributed by atoms with Crippen molar-refractivity contribution in [1.29, 1.82) is 0 Å². The molecule has 2 heterocycles. The van der Waals surface area contributed by atoms with E-state index in [0.717, 1.165) is 19.7 Å². The molecule has 1 aromatic heterocycles. The quantitative estimate of drug-likeness (QED) is 0.900. The van der Waals surface area contributed by atoms with Crippen LogP contribution in [0.5, 0.6) is 0 Å². The van der Waals surface area contributed by atoms with Gasteiger partial charge in [0.05, 0.1) is 12.3 Å². The normalized spacial score (nSPS) is 23.7. The van der Waals surface area contributed by atoms with Crippen LogP contribution in [0, 0.1) is 11.3 Å². The monoisotopic (exact) mass is 279 g/mol. The number of nitrogens with zero attached hydrogens (tertiary/aromatic N) is 2. The second kappa shape index (κ2) is 6.27. The average Bonchev–Trinajstić information content (AvgIpc) is 2.96. The molecule has 0 aromatic carbocycles. The Balaban J connectivity index is 1.80. The van der Waals surface area contributed by atoms with Crippen molar-refractivity contribution in [2.24, 2.45) is 11.3 Å². The van der Waals surface area contributed by atoms with Gasteiger partial charge in [-0.25, -0.2) is 0 Å². The molecule has 2 rings (SSSR count). The molecule has 0 saturated carbocycles. The largest absolute Gasteiger partial charge is 0.377 e. The molecule has 1 N–H and O–H groups in total. The van der Waals surface area contributed by atoms with Crippen LogP contribution in [-0.4, -0.2) is 29.0 Å². The Morgan fingerprint density at radius 2 is 2.20 bits per heavy atom. The Morgan fingerprint density at radius 1 is 1.45 bits per heavy atom. The summed E-state index contributed by atoms with van der Waals surface area (Å²) in [6.45, 7) is 13.9. The Bertz CT molecular complexity index is 420. The molecule has 114 valence electrons. The zero-order valence-corrected chi connectivity index (χ0v) is 13.5. The van der Waals surface area contributed by atoms with Crippen molar-refractivity contribution in [2.45, 2.75) is 59.7 Å². The highest BCUT2D eigenvalue weighted by Gasteiger charge is 2.36. The summed E-state index contributed by atoms with van der Waals surface area (Å²) in [5.41, 5.74) is 1.48. The van der Waals surface area contributed by atoms with Crippen molar-refractivity contribution in [3.63, 3.8) is 0 Å². The number of ether oxygens (including phenoxy) is 1. The fraction of sp³-hybridized carbons (Fsp3) is 0.812. The Hall–Kier alpha value is -0.870. The van der Waals surface area contributed by atoms with Gasteiger partial charge in [0.2, 0.25) is 0 Å². The number of rotatable bonds is 5. The van der Waals surface area contributed by atoms with Crippen LogP contribution in [0.15, 0.2) is 12.4 Å². The Labute approximate surface area is 122 Å². The average molecular weight is 279 g/mol. The van der Waals surface area contributed by atoms with Crippen molar-refractivity contribution in [1.82, 2.24) is 15.1 Å². The number of aromatic nitrogens is 2. The minimum atomic E-state index is 0.228. The predicted molar refractivity (Wildman–Crippen MR) is 81.6 cm³/mol. The van der Waals surface area contributed by atoms with Gasteiger partial charge in [-0.3, -0.25) is 4.68 Å². The first kappa shape index (κ1) is 15.5. The van der Waals surface area contributed by atoms with Crippen LogP contribution in [0.1, 0.15) is 52.6 Å². The van der Waals surface area contributed by atoms with E-state index in [-0.39, 0.29) is 5.41 Å². The van der Waals surface area contributed by atoms with Crippen molar-refractivity contribution in [3.8, 4) is 0 Å². The predicted octanol–water partition coefficient (Wildman–Crippen LogP) is 3.00. The summed E-state index contributed by atoms with van der Waals surface area (Å²) in [5.74, 6) is 0.621. The minimum absolute atomic E-state index is 0.228. The van der Waals surface area contributed by atoms with Crippen LogP contribution in [0.3, 0.4) is 0 Å². The van der Waals surface area contributed by atoms with Crippen LogP contribution in [0.2, 0.25) is 0 Å². The fourth-order valence-corrected chi connectivity index (χ4v) is 2.95. The van der Waals surface area contributed by atoms with Gasteiger partial charge in [-0.1, -0.05) is 20.8 Å². The van der Waals surface area contributed by atoms with E-state index in [1.165, 1.54) is 12.0 Å². The molecule has 1 aromatic rings. The van der Waals surface area contributed by atoms with E-state index in [1.54, 1.807) is 0 Å². The first-order valence-electron chi connectivity index (χ1n) is 7.73. The van der Waals surface area contributed by atoms with Gasteiger partial charge in [0.25, 0.3) is 0 Å². The lowest BCUT2D eigenvalue weighted by Crippen LogP contribution is -2.36. The third-order valence-electron chi connectivity index (χ3n) is 3.99. The summed E-state index contributed by atoms with van der Waals surface area (Å²) in [5, 5.41) is 7.94. The Morgan fingerprint density at radius 3 is 2.80 bits per heavy atom. The van der Waals surface area contributed by atoms with E-state index in [1.807, 2.05) is 10.9 Å². The molecule has 1 fully saturated rings. The molecular weight excluding hydrogens is 250 g/mol. The molecule has 0 bridgehead atoms. The summed E-state index contributed by atoms with van der Waals surface area (Å²) in [6, 6.07) is 0.428. The molecule has 0 radical (unpaired) electrons. The van der Waals surface area contributed by atoms with E-state index < -0.39 is 0 Å². The highest BCUT2D eigenvalue weighted by molar-refractivity contribution is 5.04. The summed E-state index contributed by atoms with van der Waals surface area (Å²) in [6.07, 6.45) is 5.62. The van der Waals surface area contributed by atoms with E-state index in [2.05, 4.69) is 51.2 Å². The Kier molecular flexibility index (Phi) is 4.86. The van der Waals surface area contributed by atoms with Crippen molar-refractivity contribution in [2.75, 3.05) is 13.2 Å². The zero-order valence-electron chi connectivity index (χ0n) is 13.5. The minimum Gasteiger partial charge on any atom is -0.377 e. The maximum absolute atomic E-state index is 5.91. The maximum Gasteiger partial charge on any atom is 0.0664 e. The first-order chi connectivity index (χ1) is 9.38. The third-order valence-corrected chi connectivity index (χ3v) is 3.99. The fourth-order valence-electron chi connectivity index (χ4n) is 2.95.